The van der Waals surface area contributed by atoms with E-state index >= 15 is 0 Å². The SMILES string of the molecule is COc1cc(CN2CC[C@H](O)[C@](Cc3cccc(F)c3)(C(=O)O)C2)cc(OC)c1. The summed E-state index contributed by atoms with van der Waals surface area (Å²) < 4.78 is 24.2. The third-order valence-electron chi connectivity index (χ3n) is 5.51. The lowest BCUT2D eigenvalue weighted by Gasteiger charge is -2.43. The molecule has 29 heavy (non-hydrogen) atoms. The fourth-order valence-corrected chi connectivity index (χ4v) is 3.99. The minimum atomic E-state index is -1.41. The molecule has 0 bridgehead atoms. The van der Waals surface area contributed by atoms with Gasteiger partial charge in [-0.1, -0.05) is 12.1 Å². The molecule has 0 spiro atoms. The minimum absolute atomic E-state index is 0.0548. The molecule has 1 aliphatic rings. The van der Waals surface area contributed by atoms with Crippen LogP contribution >= 0.6 is 0 Å². The van der Waals surface area contributed by atoms with Gasteiger partial charge < -0.3 is 19.7 Å². The number of piperidine rings is 1. The molecule has 0 aliphatic carbocycles. The first-order valence-corrected chi connectivity index (χ1v) is 9.46. The molecule has 0 aromatic heterocycles. The third kappa shape index (κ3) is 4.68. The van der Waals surface area contributed by atoms with Gasteiger partial charge in [-0.15, -0.1) is 0 Å². The summed E-state index contributed by atoms with van der Waals surface area (Å²) in [5, 5.41) is 20.6. The molecule has 1 heterocycles. The zero-order chi connectivity index (χ0) is 21.0. The molecular weight excluding hydrogens is 377 g/mol. The van der Waals surface area contributed by atoms with E-state index in [1.165, 1.54) is 12.1 Å². The van der Waals surface area contributed by atoms with Gasteiger partial charge in [0.1, 0.15) is 22.7 Å². The van der Waals surface area contributed by atoms with Crippen LogP contribution < -0.4 is 9.47 Å². The Labute approximate surface area is 169 Å². The van der Waals surface area contributed by atoms with Crippen molar-refractivity contribution in [3.8, 4) is 11.5 Å². The number of nitrogens with zero attached hydrogens (tertiary/aromatic N) is 1. The van der Waals surface area contributed by atoms with Gasteiger partial charge in [-0.05, 0) is 48.2 Å². The summed E-state index contributed by atoms with van der Waals surface area (Å²) in [5.74, 6) is -0.197. The molecule has 1 saturated heterocycles. The Bertz CT molecular complexity index is 852. The van der Waals surface area contributed by atoms with Gasteiger partial charge in [0.15, 0.2) is 0 Å². The number of carbonyl (C=O) groups is 1. The number of rotatable bonds is 7. The van der Waals surface area contributed by atoms with Gasteiger partial charge in [-0.2, -0.15) is 0 Å². The van der Waals surface area contributed by atoms with Crippen molar-refractivity contribution in [2.75, 3.05) is 27.3 Å². The van der Waals surface area contributed by atoms with E-state index in [-0.39, 0.29) is 13.0 Å². The molecule has 2 N–H and O–H groups in total. The fourth-order valence-electron chi connectivity index (χ4n) is 3.99. The third-order valence-corrected chi connectivity index (χ3v) is 5.51. The van der Waals surface area contributed by atoms with Crippen LogP contribution in [-0.4, -0.2) is 54.5 Å². The van der Waals surface area contributed by atoms with Crippen LogP contribution in [0.1, 0.15) is 17.5 Å². The van der Waals surface area contributed by atoms with E-state index in [0.29, 0.717) is 36.6 Å². The predicted octanol–water partition coefficient (Wildman–Crippen LogP) is 2.72. The van der Waals surface area contributed by atoms with E-state index in [9.17, 15) is 19.4 Å². The summed E-state index contributed by atoms with van der Waals surface area (Å²) >= 11 is 0. The van der Waals surface area contributed by atoms with Gasteiger partial charge in [-0.25, -0.2) is 4.39 Å². The van der Waals surface area contributed by atoms with Crippen molar-refractivity contribution in [3.63, 3.8) is 0 Å². The molecule has 0 radical (unpaired) electrons. The van der Waals surface area contributed by atoms with Crippen LogP contribution in [0.3, 0.4) is 0 Å². The summed E-state index contributed by atoms with van der Waals surface area (Å²) in [6.07, 6.45) is -0.638. The lowest BCUT2D eigenvalue weighted by molar-refractivity contribution is -0.163. The van der Waals surface area contributed by atoms with Crippen molar-refractivity contribution in [1.82, 2.24) is 4.90 Å². The van der Waals surface area contributed by atoms with Crippen molar-refractivity contribution in [2.24, 2.45) is 5.41 Å². The Kier molecular flexibility index (Phi) is 6.39. The van der Waals surface area contributed by atoms with Crippen LogP contribution in [0.4, 0.5) is 4.39 Å². The fraction of sp³-hybridized carbons (Fsp3) is 0.409. The standard InChI is InChI=1S/C22H26FNO5/c1-28-18-9-16(10-19(11-18)29-2)13-24-7-6-20(25)22(14-24,21(26)27)12-15-4-3-5-17(23)8-15/h3-5,8-11,20,25H,6-7,12-14H2,1-2H3,(H,26,27)/t20-,22+/m0/s1. The Morgan fingerprint density at radius 3 is 2.45 bits per heavy atom. The highest BCUT2D eigenvalue weighted by Crippen LogP contribution is 2.36. The second-order valence-corrected chi connectivity index (χ2v) is 7.50. The van der Waals surface area contributed by atoms with Crippen molar-refractivity contribution in [3.05, 3.63) is 59.4 Å². The molecule has 0 amide bonds. The van der Waals surface area contributed by atoms with Crippen molar-refractivity contribution in [2.45, 2.75) is 25.5 Å². The van der Waals surface area contributed by atoms with E-state index in [0.717, 1.165) is 5.56 Å². The maximum atomic E-state index is 13.6. The van der Waals surface area contributed by atoms with Crippen molar-refractivity contribution >= 4 is 5.97 Å². The molecule has 3 rings (SSSR count). The smallest absolute Gasteiger partial charge is 0.313 e. The van der Waals surface area contributed by atoms with Crippen LogP contribution in [0.25, 0.3) is 0 Å². The summed E-state index contributed by atoms with van der Waals surface area (Å²) in [6, 6.07) is 11.4. The minimum Gasteiger partial charge on any atom is -0.497 e. The van der Waals surface area contributed by atoms with E-state index < -0.39 is 23.3 Å². The van der Waals surface area contributed by atoms with Crippen LogP contribution in [0.5, 0.6) is 11.5 Å². The Balaban J connectivity index is 1.85. The maximum absolute atomic E-state index is 13.6. The second kappa shape index (κ2) is 8.80. The number of halogens is 1. The lowest BCUT2D eigenvalue weighted by Crippen LogP contribution is -2.56. The van der Waals surface area contributed by atoms with Gasteiger partial charge in [0, 0.05) is 25.7 Å². The molecule has 7 heteroatoms. The molecule has 2 aromatic rings. The average Bonchev–Trinajstić information content (AvgIpc) is 2.70. The summed E-state index contributed by atoms with van der Waals surface area (Å²) in [4.78, 5) is 14.2. The molecule has 2 aromatic carbocycles. The summed E-state index contributed by atoms with van der Waals surface area (Å²) in [5.41, 5.74) is 0.0635. The molecule has 0 unspecified atom stereocenters. The average molecular weight is 403 g/mol. The molecular formula is C22H26FNO5. The number of carboxylic acids is 1. The monoisotopic (exact) mass is 403 g/mol. The number of aliphatic hydroxyl groups excluding tert-OH is 1. The largest absolute Gasteiger partial charge is 0.497 e. The van der Waals surface area contributed by atoms with Crippen LogP contribution in [0.15, 0.2) is 42.5 Å². The molecule has 1 aliphatic heterocycles. The molecule has 1 fully saturated rings. The Morgan fingerprint density at radius 1 is 1.17 bits per heavy atom. The number of benzene rings is 2. The van der Waals surface area contributed by atoms with E-state index in [4.69, 9.17) is 9.47 Å². The summed E-state index contributed by atoms with van der Waals surface area (Å²) in [6.45, 7) is 1.19. The number of carboxylic acid groups (broad SMARTS) is 1. The lowest BCUT2D eigenvalue weighted by atomic mass is 9.72. The highest BCUT2D eigenvalue weighted by Gasteiger charge is 2.49. The Hall–Kier alpha value is -2.64. The number of likely N-dealkylation sites (tertiary alicyclic amines) is 1. The van der Waals surface area contributed by atoms with Gasteiger partial charge in [0.25, 0.3) is 0 Å². The number of hydrogen-bond acceptors (Lipinski definition) is 5. The number of aliphatic carboxylic acids is 1. The molecule has 6 nitrogen and oxygen atoms in total. The van der Waals surface area contributed by atoms with Crippen LogP contribution in [-0.2, 0) is 17.8 Å². The number of ether oxygens (including phenoxy) is 2. The first-order chi connectivity index (χ1) is 13.9. The number of hydrogen-bond donors (Lipinski definition) is 2. The van der Waals surface area contributed by atoms with E-state index in [2.05, 4.69) is 0 Å². The highest BCUT2D eigenvalue weighted by molar-refractivity contribution is 5.76. The first-order valence-electron chi connectivity index (χ1n) is 9.46. The second-order valence-electron chi connectivity index (χ2n) is 7.50. The quantitative estimate of drug-likeness (QED) is 0.740. The van der Waals surface area contributed by atoms with Crippen LogP contribution in [0, 0.1) is 11.2 Å². The highest BCUT2D eigenvalue weighted by atomic mass is 19.1. The molecule has 0 saturated carbocycles. The van der Waals surface area contributed by atoms with Crippen molar-refractivity contribution < 1.29 is 28.9 Å². The Morgan fingerprint density at radius 2 is 1.86 bits per heavy atom. The predicted molar refractivity (Wildman–Crippen MR) is 106 cm³/mol. The number of aliphatic hydroxyl groups is 1. The number of methoxy groups -OCH3 is 2. The van der Waals surface area contributed by atoms with Crippen molar-refractivity contribution in [1.29, 1.82) is 0 Å². The normalized spacial score (nSPS) is 22.3. The zero-order valence-corrected chi connectivity index (χ0v) is 16.6. The zero-order valence-electron chi connectivity index (χ0n) is 16.6. The topological polar surface area (TPSA) is 79.2 Å². The van der Waals surface area contributed by atoms with Crippen LogP contribution in [0.2, 0.25) is 0 Å². The van der Waals surface area contributed by atoms with Gasteiger partial charge in [0.2, 0.25) is 0 Å². The molecule has 156 valence electrons. The summed E-state index contributed by atoms with van der Waals surface area (Å²) in [7, 11) is 3.15. The van der Waals surface area contributed by atoms with E-state index in [1.54, 1.807) is 32.4 Å². The molecule has 2 atom stereocenters. The van der Waals surface area contributed by atoms with Gasteiger partial charge >= 0.3 is 5.97 Å². The van der Waals surface area contributed by atoms with Gasteiger partial charge in [-0.3, -0.25) is 9.69 Å². The maximum Gasteiger partial charge on any atom is 0.313 e. The first kappa shape index (κ1) is 21.1. The van der Waals surface area contributed by atoms with Gasteiger partial charge in [0.05, 0.1) is 20.3 Å². The van der Waals surface area contributed by atoms with E-state index in [1.807, 2.05) is 17.0 Å².